The van der Waals surface area contributed by atoms with E-state index in [0.29, 0.717) is 15.7 Å². The van der Waals surface area contributed by atoms with Gasteiger partial charge in [0, 0.05) is 16.1 Å². The van der Waals surface area contributed by atoms with Crippen LogP contribution in [0.25, 0.3) is 5.65 Å². The van der Waals surface area contributed by atoms with Crippen LogP contribution in [-0.4, -0.2) is 24.0 Å². The highest BCUT2D eigenvalue weighted by molar-refractivity contribution is 7.99. The maximum atomic E-state index is 13.1. The molecule has 10 heteroatoms. The Kier molecular flexibility index (Phi) is 6.31. The van der Waals surface area contributed by atoms with E-state index in [2.05, 4.69) is 14.9 Å². The summed E-state index contributed by atoms with van der Waals surface area (Å²) < 4.78 is 26.4. The summed E-state index contributed by atoms with van der Waals surface area (Å²) in [4.78, 5) is 20.7. The molecule has 7 nitrogen and oxygen atoms in total. The first-order valence-corrected chi connectivity index (χ1v) is 12.1. The number of hydrogen-bond acceptors (Lipinski definition) is 6. The molecule has 0 saturated carbocycles. The van der Waals surface area contributed by atoms with Gasteiger partial charge in [0.2, 0.25) is 0 Å². The van der Waals surface area contributed by atoms with Gasteiger partial charge in [-0.15, -0.1) is 0 Å². The van der Waals surface area contributed by atoms with Crippen molar-refractivity contribution in [2.24, 2.45) is 5.10 Å². The van der Waals surface area contributed by atoms with Crippen LogP contribution in [0, 0.1) is 6.92 Å². The summed E-state index contributed by atoms with van der Waals surface area (Å²) >= 11 is 7.21. The first kappa shape index (κ1) is 22.1. The van der Waals surface area contributed by atoms with E-state index < -0.39 is 10.0 Å². The van der Waals surface area contributed by atoms with Crippen molar-refractivity contribution in [3.63, 3.8) is 0 Å². The van der Waals surface area contributed by atoms with Gasteiger partial charge in [0.25, 0.3) is 15.6 Å². The fourth-order valence-corrected chi connectivity index (χ4v) is 4.62. The Hall–Kier alpha value is -3.14. The van der Waals surface area contributed by atoms with Crippen molar-refractivity contribution in [2.45, 2.75) is 21.7 Å². The van der Waals surface area contributed by atoms with E-state index >= 15 is 0 Å². The Morgan fingerprint density at radius 3 is 2.50 bits per heavy atom. The van der Waals surface area contributed by atoms with Gasteiger partial charge >= 0.3 is 0 Å². The van der Waals surface area contributed by atoms with E-state index in [1.807, 2.05) is 19.1 Å². The van der Waals surface area contributed by atoms with Crippen molar-refractivity contribution in [1.29, 1.82) is 0 Å². The van der Waals surface area contributed by atoms with Crippen molar-refractivity contribution < 1.29 is 8.42 Å². The number of halogens is 1. The molecular formula is C22H17ClN4O3S2. The second-order valence-electron chi connectivity index (χ2n) is 6.79. The van der Waals surface area contributed by atoms with Gasteiger partial charge in [-0.25, -0.2) is 9.82 Å². The van der Waals surface area contributed by atoms with E-state index in [0.717, 1.165) is 10.5 Å². The predicted octanol–water partition coefficient (Wildman–Crippen LogP) is 4.12. The number of hydrogen-bond donors (Lipinski definition) is 1. The molecule has 0 saturated heterocycles. The zero-order valence-electron chi connectivity index (χ0n) is 16.8. The molecule has 0 amide bonds. The molecule has 0 aliphatic carbocycles. The van der Waals surface area contributed by atoms with Gasteiger partial charge < -0.3 is 0 Å². The number of benzene rings is 2. The molecule has 2 aromatic heterocycles. The first-order chi connectivity index (χ1) is 15.3. The molecule has 2 aromatic carbocycles. The molecule has 32 heavy (non-hydrogen) atoms. The topological polar surface area (TPSA) is 92.9 Å². The van der Waals surface area contributed by atoms with E-state index in [1.54, 1.807) is 48.7 Å². The summed E-state index contributed by atoms with van der Waals surface area (Å²) in [6.07, 6.45) is 2.77. The summed E-state index contributed by atoms with van der Waals surface area (Å²) in [5.41, 5.74) is 1.18. The SMILES string of the molecule is Cc1ccc(S(=O)(=O)NN=Cc2c(Sc3ccc(Cl)cc3)nc3ccccn3c2=O)cc1. The van der Waals surface area contributed by atoms with Crippen LogP contribution in [0.5, 0.6) is 0 Å². The summed E-state index contributed by atoms with van der Waals surface area (Å²) in [7, 11) is -3.88. The number of hydrazone groups is 1. The molecule has 0 aliphatic heterocycles. The van der Waals surface area contributed by atoms with Gasteiger partial charge in [0.15, 0.2) is 0 Å². The van der Waals surface area contributed by atoms with Crippen LogP contribution in [-0.2, 0) is 10.0 Å². The summed E-state index contributed by atoms with van der Waals surface area (Å²) in [5, 5.41) is 4.83. The van der Waals surface area contributed by atoms with Crippen LogP contribution >= 0.6 is 23.4 Å². The quantitative estimate of drug-likeness (QED) is 0.252. The van der Waals surface area contributed by atoms with Gasteiger partial charge in [-0.05, 0) is 55.5 Å². The van der Waals surface area contributed by atoms with Crippen LogP contribution in [0.2, 0.25) is 5.02 Å². The summed E-state index contributed by atoms with van der Waals surface area (Å²) in [6.45, 7) is 1.86. The third-order valence-electron chi connectivity index (χ3n) is 4.46. The van der Waals surface area contributed by atoms with Gasteiger partial charge in [-0.2, -0.15) is 13.5 Å². The number of fused-ring (bicyclic) bond motifs is 1. The largest absolute Gasteiger partial charge is 0.276 e. The number of aromatic nitrogens is 2. The van der Waals surface area contributed by atoms with Crippen LogP contribution in [0.3, 0.4) is 0 Å². The van der Waals surface area contributed by atoms with Crippen LogP contribution in [0.1, 0.15) is 11.1 Å². The minimum Gasteiger partial charge on any atom is -0.268 e. The third-order valence-corrected chi connectivity index (χ3v) is 6.96. The zero-order valence-corrected chi connectivity index (χ0v) is 19.2. The molecular weight excluding hydrogens is 468 g/mol. The second-order valence-corrected chi connectivity index (χ2v) is 9.95. The average Bonchev–Trinajstić information content (AvgIpc) is 2.78. The zero-order chi connectivity index (χ0) is 22.7. The molecule has 4 rings (SSSR count). The van der Waals surface area contributed by atoms with Gasteiger partial charge in [0.1, 0.15) is 10.7 Å². The maximum absolute atomic E-state index is 13.1. The second kappa shape index (κ2) is 9.15. The van der Waals surface area contributed by atoms with E-state index in [4.69, 9.17) is 11.6 Å². The van der Waals surface area contributed by atoms with Crippen LogP contribution in [0.4, 0.5) is 0 Å². The molecule has 0 spiro atoms. The molecule has 1 N–H and O–H groups in total. The molecule has 0 fully saturated rings. The maximum Gasteiger partial charge on any atom is 0.276 e. The lowest BCUT2D eigenvalue weighted by Crippen LogP contribution is -2.23. The monoisotopic (exact) mass is 484 g/mol. The van der Waals surface area contributed by atoms with Crippen molar-refractivity contribution in [3.8, 4) is 0 Å². The molecule has 0 bridgehead atoms. The lowest BCUT2D eigenvalue weighted by atomic mass is 10.2. The van der Waals surface area contributed by atoms with Crippen LogP contribution in [0.15, 0.2) is 97.6 Å². The number of nitrogens with one attached hydrogen (secondary N) is 1. The minimum atomic E-state index is -3.88. The Morgan fingerprint density at radius 2 is 1.78 bits per heavy atom. The molecule has 0 atom stereocenters. The summed E-state index contributed by atoms with van der Waals surface area (Å²) in [6, 6.07) is 18.7. The first-order valence-electron chi connectivity index (χ1n) is 9.40. The molecule has 0 radical (unpaired) electrons. The third kappa shape index (κ3) is 4.85. The average molecular weight is 485 g/mol. The number of pyridine rings is 1. The lowest BCUT2D eigenvalue weighted by Gasteiger charge is -2.08. The molecule has 0 aliphatic rings. The van der Waals surface area contributed by atoms with Gasteiger partial charge in [-0.3, -0.25) is 9.20 Å². The number of nitrogens with zero attached hydrogens (tertiary/aromatic N) is 3. The summed E-state index contributed by atoms with van der Waals surface area (Å²) in [5.74, 6) is 0. The highest BCUT2D eigenvalue weighted by Crippen LogP contribution is 2.28. The fourth-order valence-electron chi connectivity index (χ4n) is 2.82. The Bertz CT molecular complexity index is 1470. The fraction of sp³-hybridized carbons (Fsp3) is 0.0455. The predicted molar refractivity (Wildman–Crippen MR) is 126 cm³/mol. The number of sulfonamides is 1. The minimum absolute atomic E-state index is 0.0735. The van der Waals surface area contributed by atoms with E-state index in [-0.39, 0.29) is 16.0 Å². The van der Waals surface area contributed by atoms with Crippen molar-refractivity contribution in [3.05, 3.63) is 99.4 Å². The Labute approximate surface area is 193 Å². The normalized spacial score (nSPS) is 11.8. The number of aryl methyl sites for hydroxylation is 1. The Balaban J connectivity index is 1.71. The van der Waals surface area contributed by atoms with Crippen molar-refractivity contribution in [2.75, 3.05) is 0 Å². The highest BCUT2D eigenvalue weighted by atomic mass is 35.5. The number of rotatable bonds is 6. The lowest BCUT2D eigenvalue weighted by molar-refractivity contribution is 0.584. The van der Waals surface area contributed by atoms with E-state index in [9.17, 15) is 13.2 Å². The van der Waals surface area contributed by atoms with Crippen molar-refractivity contribution >= 4 is 45.2 Å². The van der Waals surface area contributed by atoms with Crippen molar-refractivity contribution in [1.82, 2.24) is 14.2 Å². The van der Waals surface area contributed by atoms with Gasteiger partial charge in [0.05, 0.1) is 16.7 Å². The molecule has 0 unspecified atom stereocenters. The van der Waals surface area contributed by atoms with E-state index in [1.165, 1.54) is 34.5 Å². The smallest absolute Gasteiger partial charge is 0.268 e. The van der Waals surface area contributed by atoms with Crippen LogP contribution < -0.4 is 10.4 Å². The van der Waals surface area contributed by atoms with Gasteiger partial charge in [-0.1, -0.05) is 47.1 Å². The molecule has 162 valence electrons. The standard InChI is InChI=1S/C22H17ClN4O3S2/c1-15-5-11-18(12-6-15)32(29,30)26-24-14-19-21(31-17-9-7-16(23)8-10-17)25-20-4-2-3-13-27(20)22(19)28/h2-14,26H,1H3. The highest BCUT2D eigenvalue weighted by Gasteiger charge is 2.15. The molecule has 2 heterocycles. The Morgan fingerprint density at radius 1 is 1.06 bits per heavy atom. The molecule has 4 aromatic rings.